The van der Waals surface area contributed by atoms with Crippen molar-refractivity contribution in [1.82, 2.24) is 10.2 Å². The summed E-state index contributed by atoms with van der Waals surface area (Å²) in [6, 6.07) is 13.4. The zero-order chi connectivity index (χ0) is 26.7. The van der Waals surface area contributed by atoms with E-state index in [2.05, 4.69) is 5.32 Å². The molecule has 2 aromatic carbocycles. The zero-order valence-electron chi connectivity index (χ0n) is 21.7. The highest BCUT2D eigenvalue weighted by atomic mass is 32.2. The minimum Gasteiger partial charge on any atom is -0.497 e. The largest absolute Gasteiger partial charge is 0.497 e. The van der Waals surface area contributed by atoms with Crippen LogP contribution in [-0.4, -0.2) is 64.2 Å². The molecular weight excluding hydrogens is 482 g/mol. The molecule has 0 bridgehead atoms. The van der Waals surface area contributed by atoms with Gasteiger partial charge in [0.25, 0.3) is 0 Å². The molecule has 2 rings (SSSR count). The van der Waals surface area contributed by atoms with Crippen molar-refractivity contribution in [3.8, 4) is 11.5 Å². The van der Waals surface area contributed by atoms with Crippen LogP contribution >= 0.6 is 0 Å². The van der Waals surface area contributed by atoms with Crippen LogP contribution in [0.5, 0.6) is 11.5 Å². The monoisotopic (exact) mass is 519 g/mol. The number of ether oxygens (including phenoxy) is 2. The van der Waals surface area contributed by atoms with E-state index in [1.54, 1.807) is 50.4 Å². The van der Waals surface area contributed by atoms with E-state index in [1.807, 2.05) is 26.0 Å². The second-order valence-electron chi connectivity index (χ2n) is 8.31. The molecule has 10 heteroatoms. The van der Waals surface area contributed by atoms with Gasteiger partial charge >= 0.3 is 0 Å². The Labute approximate surface area is 214 Å². The van der Waals surface area contributed by atoms with Gasteiger partial charge in [0.1, 0.15) is 17.5 Å². The van der Waals surface area contributed by atoms with Crippen LogP contribution in [0.1, 0.15) is 39.2 Å². The summed E-state index contributed by atoms with van der Waals surface area (Å²) in [5.74, 6) is 0.873. The standard InChI is InChI=1S/C26H37N3O6S/c1-6-27-26(31)20(3)28(19-21-10-14-23(34-4)15-11-21)25(30)9-8-18-29(36(5,32)33)22-12-16-24(17-13-22)35-7-2/h10-17,20H,6-9,18-19H2,1-5H3,(H,27,31). The lowest BCUT2D eigenvalue weighted by Crippen LogP contribution is -2.47. The predicted octanol–water partition coefficient (Wildman–Crippen LogP) is 3.19. The molecule has 36 heavy (non-hydrogen) atoms. The Kier molecular flexibility index (Phi) is 11.0. The lowest BCUT2D eigenvalue weighted by Gasteiger charge is -2.29. The molecule has 0 saturated carbocycles. The molecule has 0 saturated heterocycles. The number of nitrogens with zero attached hydrogens (tertiary/aromatic N) is 2. The van der Waals surface area contributed by atoms with Gasteiger partial charge in [0.15, 0.2) is 0 Å². The van der Waals surface area contributed by atoms with Gasteiger partial charge in [-0.05, 0) is 69.2 Å². The first-order chi connectivity index (χ1) is 17.1. The van der Waals surface area contributed by atoms with Crippen LogP contribution in [0, 0.1) is 0 Å². The molecular formula is C26H37N3O6S. The van der Waals surface area contributed by atoms with Crippen molar-refractivity contribution in [2.75, 3.05) is 37.4 Å². The topological polar surface area (TPSA) is 105 Å². The first kappa shape index (κ1) is 29.0. The van der Waals surface area contributed by atoms with Crippen molar-refractivity contribution >= 4 is 27.5 Å². The molecule has 198 valence electrons. The molecule has 0 aliphatic heterocycles. The van der Waals surface area contributed by atoms with E-state index in [1.165, 1.54) is 9.21 Å². The normalized spacial score (nSPS) is 11.9. The van der Waals surface area contributed by atoms with Crippen LogP contribution in [0.3, 0.4) is 0 Å². The fourth-order valence-electron chi connectivity index (χ4n) is 3.71. The van der Waals surface area contributed by atoms with E-state index < -0.39 is 16.1 Å². The van der Waals surface area contributed by atoms with Crippen molar-refractivity contribution in [3.05, 3.63) is 54.1 Å². The van der Waals surface area contributed by atoms with Crippen molar-refractivity contribution in [2.24, 2.45) is 0 Å². The van der Waals surface area contributed by atoms with Crippen LogP contribution in [0.2, 0.25) is 0 Å². The number of rotatable bonds is 14. The lowest BCUT2D eigenvalue weighted by atomic mass is 10.1. The van der Waals surface area contributed by atoms with Gasteiger partial charge in [-0.1, -0.05) is 12.1 Å². The van der Waals surface area contributed by atoms with Crippen LogP contribution < -0.4 is 19.1 Å². The summed E-state index contributed by atoms with van der Waals surface area (Å²) in [6.07, 6.45) is 1.52. The van der Waals surface area contributed by atoms with E-state index in [0.29, 0.717) is 36.8 Å². The summed E-state index contributed by atoms with van der Waals surface area (Å²) in [5, 5.41) is 2.76. The third-order valence-electron chi connectivity index (χ3n) is 5.62. The summed E-state index contributed by atoms with van der Waals surface area (Å²) < 4.78 is 36.8. The Morgan fingerprint density at radius 2 is 1.61 bits per heavy atom. The summed E-state index contributed by atoms with van der Waals surface area (Å²) in [5.41, 5.74) is 1.35. The van der Waals surface area contributed by atoms with Crippen LogP contribution in [-0.2, 0) is 26.2 Å². The molecule has 0 aliphatic rings. The van der Waals surface area contributed by atoms with E-state index in [4.69, 9.17) is 9.47 Å². The molecule has 1 N–H and O–H groups in total. The maximum absolute atomic E-state index is 13.2. The van der Waals surface area contributed by atoms with Gasteiger partial charge in [0.05, 0.1) is 25.7 Å². The van der Waals surface area contributed by atoms with Crippen LogP contribution in [0.25, 0.3) is 0 Å². The Bertz CT molecular complexity index is 1090. The third-order valence-corrected chi connectivity index (χ3v) is 6.81. The summed E-state index contributed by atoms with van der Waals surface area (Å²) in [7, 11) is -1.98. The number of amides is 2. The highest BCUT2D eigenvalue weighted by Crippen LogP contribution is 2.23. The first-order valence-electron chi connectivity index (χ1n) is 12.0. The first-order valence-corrected chi connectivity index (χ1v) is 13.9. The number of hydrogen-bond acceptors (Lipinski definition) is 6. The van der Waals surface area contributed by atoms with Crippen molar-refractivity contribution in [3.63, 3.8) is 0 Å². The number of carbonyl (C=O) groups excluding carboxylic acids is 2. The third kappa shape index (κ3) is 8.44. The number of sulfonamides is 1. The Hall–Kier alpha value is -3.27. The summed E-state index contributed by atoms with van der Waals surface area (Å²) >= 11 is 0. The minimum absolute atomic E-state index is 0.0863. The summed E-state index contributed by atoms with van der Waals surface area (Å²) in [6.45, 7) is 6.73. The van der Waals surface area contributed by atoms with E-state index in [0.717, 1.165) is 11.8 Å². The van der Waals surface area contributed by atoms with E-state index >= 15 is 0 Å². The number of methoxy groups -OCH3 is 1. The Morgan fingerprint density at radius 3 is 2.14 bits per heavy atom. The second-order valence-corrected chi connectivity index (χ2v) is 10.2. The average molecular weight is 520 g/mol. The quantitative estimate of drug-likeness (QED) is 0.411. The number of nitrogens with one attached hydrogen (secondary N) is 1. The molecule has 2 amide bonds. The van der Waals surface area contributed by atoms with Crippen molar-refractivity contribution < 1.29 is 27.5 Å². The van der Waals surface area contributed by atoms with E-state index in [9.17, 15) is 18.0 Å². The number of hydrogen-bond donors (Lipinski definition) is 1. The molecule has 1 atom stereocenters. The predicted molar refractivity (Wildman–Crippen MR) is 141 cm³/mol. The lowest BCUT2D eigenvalue weighted by molar-refractivity contribution is -0.140. The number of benzene rings is 2. The highest BCUT2D eigenvalue weighted by Gasteiger charge is 2.26. The maximum Gasteiger partial charge on any atom is 0.242 e. The van der Waals surface area contributed by atoms with Gasteiger partial charge in [0, 0.05) is 26.1 Å². The fourth-order valence-corrected chi connectivity index (χ4v) is 4.68. The van der Waals surface area contributed by atoms with Crippen molar-refractivity contribution in [2.45, 2.75) is 46.2 Å². The molecule has 0 heterocycles. The average Bonchev–Trinajstić information content (AvgIpc) is 2.85. The van der Waals surface area contributed by atoms with Gasteiger partial charge in [-0.15, -0.1) is 0 Å². The fraction of sp³-hybridized carbons (Fsp3) is 0.462. The van der Waals surface area contributed by atoms with Gasteiger partial charge in [0.2, 0.25) is 21.8 Å². The number of likely N-dealkylation sites (N-methyl/N-ethyl adjacent to an activating group) is 1. The summed E-state index contributed by atoms with van der Waals surface area (Å²) in [4.78, 5) is 27.3. The number of carbonyl (C=O) groups is 2. The van der Waals surface area contributed by atoms with Gasteiger partial charge in [-0.25, -0.2) is 8.42 Å². The van der Waals surface area contributed by atoms with Gasteiger partial charge < -0.3 is 19.7 Å². The highest BCUT2D eigenvalue weighted by molar-refractivity contribution is 7.92. The number of anilines is 1. The smallest absolute Gasteiger partial charge is 0.242 e. The molecule has 0 spiro atoms. The molecule has 1 unspecified atom stereocenters. The SMILES string of the molecule is CCNC(=O)C(C)N(Cc1ccc(OC)cc1)C(=O)CCCN(c1ccc(OCC)cc1)S(C)(=O)=O. The van der Waals surface area contributed by atoms with E-state index in [-0.39, 0.29) is 31.3 Å². The molecule has 0 aliphatic carbocycles. The molecule has 9 nitrogen and oxygen atoms in total. The zero-order valence-corrected chi connectivity index (χ0v) is 22.5. The van der Waals surface area contributed by atoms with Crippen molar-refractivity contribution in [1.29, 1.82) is 0 Å². The molecule has 2 aromatic rings. The Morgan fingerprint density at radius 1 is 1.00 bits per heavy atom. The van der Waals surface area contributed by atoms with Gasteiger partial charge in [-0.2, -0.15) is 0 Å². The van der Waals surface area contributed by atoms with Crippen LogP contribution in [0.4, 0.5) is 5.69 Å². The maximum atomic E-state index is 13.2. The molecule has 0 fully saturated rings. The molecule has 0 aromatic heterocycles. The Balaban J connectivity index is 2.14. The van der Waals surface area contributed by atoms with Crippen LogP contribution in [0.15, 0.2) is 48.5 Å². The minimum atomic E-state index is -3.56. The molecule has 0 radical (unpaired) electrons. The second kappa shape index (κ2) is 13.7. The van der Waals surface area contributed by atoms with Gasteiger partial charge in [-0.3, -0.25) is 13.9 Å².